The molecule has 4 nitrogen and oxygen atoms in total. The first kappa shape index (κ1) is 19.3. The molecule has 144 valence electrons. The Morgan fingerprint density at radius 3 is 2.56 bits per heavy atom. The van der Waals surface area contributed by atoms with Crippen LogP contribution in [-0.4, -0.2) is 48.0 Å². The van der Waals surface area contributed by atoms with Crippen LogP contribution in [0.15, 0.2) is 54.6 Å². The Morgan fingerprint density at radius 1 is 1.11 bits per heavy atom. The number of carbonyl (C=O) groups excluding carboxylic acids is 1. The Morgan fingerprint density at radius 2 is 1.85 bits per heavy atom. The van der Waals surface area contributed by atoms with Crippen LogP contribution in [0.2, 0.25) is 0 Å². The summed E-state index contributed by atoms with van der Waals surface area (Å²) in [7, 11) is 0. The van der Waals surface area contributed by atoms with Crippen molar-refractivity contribution in [3.8, 4) is 5.75 Å². The standard InChI is InChI=1S/C21H24F2N2O2/c1-16-14-24(15-17-6-3-2-4-7-17)10-11-25(16)20(26)13-18-8-5-9-19(12-18)27-21(22)23/h2-9,12,16,21H,10-11,13-15H2,1H3. The maximum absolute atomic E-state index is 12.7. The average Bonchev–Trinajstić information content (AvgIpc) is 2.62. The number of ether oxygens (including phenoxy) is 1. The van der Waals surface area contributed by atoms with Gasteiger partial charge in [0.05, 0.1) is 6.42 Å². The van der Waals surface area contributed by atoms with E-state index in [9.17, 15) is 13.6 Å². The van der Waals surface area contributed by atoms with E-state index in [1.807, 2.05) is 30.0 Å². The number of nitrogens with zero attached hydrogens (tertiary/aromatic N) is 2. The minimum atomic E-state index is -2.87. The summed E-state index contributed by atoms with van der Waals surface area (Å²) >= 11 is 0. The molecule has 0 saturated carbocycles. The second-order valence-corrected chi connectivity index (χ2v) is 6.86. The number of benzene rings is 2. The molecule has 3 rings (SSSR count). The monoisotopic (exact) mass is 374 g/mol. The molecule has 1 aliphatic heterocycles. The summed E-state index contributed by atoms with van der Waals surface area (Å²) in [6, 6.07) is 16.7. The number of carbonyl (C=O) groups is 1. The smallest absolute Gasteiger partial charge is 0.387 e. The minimum Gasteiger partial charge on any atom is -0.435 e. The third-order valence-electron chi connectivity index (χ3n) is 4.76. The van der Waals surface area contributed by atoms with Gasteiger partial charge >= 0.3 is 6.61 Å². The molecule has 1 fully saturated rings. The molecule has 1 unspecified atom stereocenters. The van der Waals surface area contributed by atoms with Gasteiger partial charge in [-0.15, -0.1) is 0 Å². The molecule has 0 aromatic heterocycles. The van der Waals surface area contributed by atoms with Crippen molar-refractivity contribution in [1.82, 2.24) is 9.80 Å². The summed E-state index contributed by atoms with van der Waals surface area (Å²) in [6.07, 6.45) is 0.184. The fraction of sp³-hybridized carbons (Fsp3) is 0.381. The van der Waals surface area contributed by atoms with Crippen LogP contribution in [0.25, 0.3) is 0 Å². The lowest BCUT2D eigenvalue weighted by Gasteiger charge is -2.40. The van der Waals surface area contributed by atoms with E-state index in [0.29, 0.717) is 12.1 Å². The van der Waals surface area contributed by atoms with E-state index < -0.39 is 6.61 Å². The van der Waals surface area contributed by atoms with Gasteiger partial charge in [0, 0.05) is 32.2 Å². The van der Waals surface area contributed by atoms with E-state index >= 15 is 0 Å². The van der Waals surface area contributed by atoms with Crippen LogP contribution in [0, 0.1) is 0 Å². The first-order valence-electron chi connectivity index (χ1n) is 9.11. The molecule has 1 heterocycles. The molecule has 1 saturated heterocycles. The topological polar surface area (TPSA) is 32.8 Å². The lowest BCUT2D eigenvalue weighted by molar-refractivity contribution is -0.135. The molecule has 0 spiro atoms. The Kier molecular flexibility index (Phi) is 6.40. The van der Waals surface area contributed by atoms with Gasteiger partial charge in [-0.05, 0) is 30.2 Å². The molecule has 27 heavy (non-hydrogen) atoms. The zero-order valence-corrected chi connectivity index (χ0v) is 15.4. The third-order valence-corrected chi connectivity index (χ3v) is 4.76. The van der Waals surface area contributed by atoms with Crippen molar-refractivity contribution >= 4 is 5.91 Å². The molecule has 2 aromatic carbocycles. The number of piperazine rings is 1. The zero-order chi connectivity index (χ0) is 19.2. The van der Waals surface area contributed by atoms with Gasteiger partial charge in [0.25, 0.3) is 0 Å². The molecule has 1 aliphatic rings. The van der Waals surface area contributed by atoms with Crippen LogP contribution in [0.3, 0.4) is 0 Å². The average molecular weight is 374 g/mol. The third kappa shape index (κ3) is 5.50. The van der Waals surface area contributed by atoms with Gasteiger partial charge in [0.2, 0.25) is 5.91 Å². The van der Waals surface area contributed by atoms with Crippen molar-refractivity contribution in [1.29, 1.82) is 0 Å². The van der Waals surface area contributed by atoms with Crippen molar-refractivity contribution in [3.05, 3.63) is 65.7 Å². The predicted octanol–water partition coefficient (Wildman–Crippen LogP) is 3.56. The van der Waals surface area contributed by atoms with Gasteiger partial charge in [-0.1, -0.05) is 42.5 Å². The summed E-state index contributed by atoms with van der Waals surface area (Å²) in [4.78, 5) is 16.9. The van der Waals surface area contributed by atoms with Gasteiger partial charge < -0.3 is 9.64 Å². The van der Waals surface area contributed by atoms with Crippen LogP contribution >= 0.6 is 0 Å². The van der Waals surface area contributed by atoms with Gasteiger partial charge in [-0.25, -0.2) is 0 Å². The number of halogens is 2. The second kappa shape index (κ2) is 8.95. The summed E-state index contributed by atoms with van der Waals surface area (Å²) in [5.41, 5.74) is 1.94. The van der Waals surface area contributed by atoms with Crippen molar-refractivity contribution in [2.24, 2.45) is 0 Å². The summed E-state index contributed by atoms with van der Waals surface area (Å²) < 4.78 is 29.1. The van der Waals surface area contributed by atoms with Gasteiger partial charge in [0.15, 0.2) is 0 Å². The van der Waals surface area contributed by atoms with Gasteiger partial charge in [-0.3, -0.25) is 9.69 Å². The number of alkyl halides is 2. The second-order valence-electron chi connectivity index (χ2n) is 6.86. The van der Waals surface area contributed by atoms with Crippen LogP contribution in [0.5, 0.6) is 5.75 Å². The molecule has 6 heteroatoms. The Balaban J connectivity index is 1.55. The van der Waals surface area contributed by atoms with E-state index in [1.54, 1.807) is 12.1 Å². The molecule has 0 bridgehead atoms. The zero-order valence-electron chi connectivity index (χ0n) is 15.4. The maximum atomic E-state index is 12.7. The quantitative estimate of drug-likeness (QED) is 0.775. The van der Waals surface area contributed by atoms with E-state index in [0.717, 1.165) is 19.6 Å². The Hall–Kier alpha value is -2.47. The summed E-state index contributed by atoms with van der Waals surface area (Å²) in [6.45, 7) is 2.36. The number of amides is 1. The molecule has 2 aromatic rings. The van der Waals surface area contributed by atoms with E-state index in [1.165, 1.54) is 17.7 Å². The number of hydrogen-bond acceptors (Lipinski definition) is 3. The van der Waals surface area contributed by atoms with Crippen LogP contribution in [-0.2, 0) is 17.8 Å². The van der Waals surface area contributed by atoms with Crippen molar-refractivity contribution in [2.45, 2.75) is 32.5 Å². The van der Waals surface area contributed by atoms with Crippen molar-refractivity contribution in [3.63, 3.8) is 0 Å². The Bertz CT molecular complexity index is 755. The number of hydrogen-bond donors (Lipinski definition) is 0. The van der Waals surface area contributed by atoms with Gasteiger partial charge in [-0.2, -0.15) is 8.78 Å². The highest BCUT2D eigenvalue weighted by Crippen LogP contribution is 2.19. The highest BCUT2D eigenvalue weighted by Gasteiger charge is 2.27. The fourth-order valence-electron chi connectivity index (χ4n) is 3.50. The van der Waals surface area contributed by atoms with E-state index in [2.05, 4.69) is 21.8 Å². The number of rotatable bonds is 6. The lowest BCUT2D eigenvalue weighted by atomic mass is 10.1. The molecule has 0 aliphatic carbocycles. The molecule has 1 atom stereocenters. The largest absolute Gasteiger partial charge is 0.435 e. The molecule has 0 radical (unpaired) electrons. The molecular formula is C21H24F2N2O2. The maximum Gasteiger partial charge on any atom is 0.387 e. The summed E-state index contributed by atoms with van der Waals surface area (Å²) in [5, 5.41) is 0. The minimum absolute atomic E-state index is 0.0102. The van der Waals surface area contributed by atoms with E-state index in [4.69, 9.17) is 0 Å². The lowest BCUT2D eigenvalue weighted by Crippen LogP contribution is -2.54. The fourth-order valence-corrected chi connectivity index (χ4v) is 3.50. The SMILES string of the molecule is CC1CN(Cc2ccccc2)CCN1C(=O)Cc1cccc(OC(F)F)c1. The molecule has 0 N–H and O–H groups in total. The van der Waals surface area contributed by atoms with E-state index in [-0.39, 0.29) is 24.1 Å². The van der Waals surface area contributed by atoms with Crippen LogP contribution in [0.4, 0.5) is 8.78 Å². The van der Waals surface area contributed by atoms with Crippen molar-refractivity contribution < 1.29 is 18.3 Å². The summed E-state index contributed by atoms with van der Waals surface area (Å²) in [5.74, 6) is 0.0899. The molecule has 1 amide bonds. The Labute approximate surface area is 158 Å². The normalized spacial score (nSPS) is 17.9. The highest BCUT2D eigenvalue weighted by molar-refractivity contribution is 5.79. The van der Waals surface area contributed by atoms with Crippen molar-refractivity contribution in [2.75, 3.05) is 19.6 Å². The molecular weight excluding hydrogens is 350 g/mol. The highest BCUT2D eigenvalue weighted by atomic mass is 19.3. The first-order valence-corrected chi connectivity index (χ1v) is 9.11. The van der Waals surface area contributed by atoms with Crippen LogP contribution < -0.4 is 4.74 Å². The first-order chi connectivity index (χ1) is 13.0. The predicted molar refractivity (Wildman–Crippen MR) is 99.7 cm³/mol. The van der Waals surface area contributed by atoms with Gasteiger partial charge in [0.1, 0.15) is 5.75 Å². The van der Waals surface area contributed by atoms with Crippen LogP contribution in [0.1, 0.15) is 18.1 Å².